The maximum Gasteiger partial charge on any atom is 0.159 e. The van der Waals surface area contributed by atoms with Crippen molar-refractivity contribution in [3.05, 3.63) is 24.7 Å². The quantitative estimate of drug-likeness (QED) is 0.723. The molecule has 5 nitrogen and oxygen atoms in total. The first-order valence-electron chi connectivity index (χ1n) is 5.83. The number of rotatable bonds is 1. The molecule has 1 fully saturated rings. The molecule has 5 heteroatoms. The van der Waals surface area contributed by atoms with E-state index in [1.54, 1.807) is 6.20 Å². The molecular formula is C12H15N5. The Bertz CT molecular complexity index is 514. The summed E-state index contributed by atoms with van der Waals surface area (Å²) in [5.74, 6) is 0.984. The largest absolute Gasteiger partial charge is 0.352 e. The Balaban J connectivity index is 2.00. The highest BCUT2D eigenvalue weighted by Gasteiger charge is 2.17. The number of aromatic nitrogens is 3. The molecule has 0 amide bonds. The molecule has 1 saturated heterocycles. The lowest BCUT2D eigenvalue weighted by atomic mass is 10.2. The Morgan fingerprint density at radius 2 is 1.94 bits per heavy atom. The third-order valence-corrected chi connectivity index (χ3v) is 3.24. The van der Waals surface area contributed by atoms with Crippen LogP contribution in [0, 0.1) is 0 Å². The zero-order valence-electron chi connectivity index (χ0n) is 9.87. The molecule has 17 heavy (non-hydrogen) atoms. The maximum absolute atomic E-state index is 4.29. The van der Waals surface area contributed by atoms with Crippen LogP contribution in [0.25, 0.3) is 10.8 Å². The van der Waals surface area contributed by atoms with Gasteiger partial charge < -0.3 is 9.80 Å². The van der Waals surface area contributed by atoms with Crippen molar-refractivity contribution in [2.24, 2.45) is 0 Å². The molecule has 0 N–H and O–H groups in total. The summed E-state index contributed by atoms with van der Waals surface area (Å²) in [6, 6.07) is 2.01. The number of hydrogen-bond acceptors (Lipinski definition) is 5. The van der Waals surface area contributed by atoms with Gasteiger partial charge in [0.1, 0.15) is 0 Å². The summed E-state index contributed by atoms with van der Waals surface area (Å²) in [6.45, 7) is 4.16. The molecule has 3 heterocycles. The van der Waals surface area contributed by atoms with Gasteiger partial charge in [-0.2, -0.15) is 5.10 Å². The lowest BCUT2D eigenvalue weighted by Crippen LogP contribution is -2.45. The second-order valence-electron chi connectivity index (χ2n) is 4.42. The lowest BCUT2D eigenvalue weighted by Gasteiger charge is -2.33. The summed E-state index contributed by atoms with van der Waals surface area (Å²) in [4.78, 5) is 8.75. The molecular weight excluding hydrogens is 214 g/mol. The van der Waals surface area contributed by atoms with Crippen molar-refractivity contribution in [2.75, 3.05) is 38.1 Å². The molecule has 0 spiro atoms. The molecule has 0 radical (unpaired) electrons. The summed E-state index contributed by atoms with van der Waals surface area (Å²) in [5.41, 5.74) is 0. The van der Waals surface area contributed by atoms with E-state index < -0.39 is 0 Å². The molecule has 3 rings (SSSR count). The van der Waals surface area contributed by atoms with Crippen molar-refractivity contribution in [1.29, 1.82) is 0 Å². The molecule has 0 bridgehead atoms. The number of pyridine rings is 1. The van der Waals surface area contributed by atoms with Gasteiger partial charge in [0.2, 0.25) is 0 Å². The first kappa shape index (κ1) is 10.4. The number of anilines is 1. The second kappa shape index (κ2) is 4.25. The maximum atomic E-state index is 4.29. The van der Waals surface area contributed by atoms with Crippen molar-refractivity contribution >= 4 is 16.6 Å². The van der Waals surface area contributed by atoms with Crippen LogP contribution in [-0.2, 0) is 0 Å². The fourth-order valence-corrected chi connectivity index (χ4v) is 2.16. The van der Waals surface area contributed by atoms with Crippen LogP contribution < -0.4 is 4.90 Å². The molecule has 2 aromatic rings. The molecule has 0 saturated carbocycles. The van der Waals surface area contributed by atoms with Gasteiger partial charge in [-0.05, 0) is 13.1 Å². The van der Waals surface area contributed by atoms with E-state index in [-0.39, 0.29) is 0 Å². The van der Waals surface area contributed by atoms with Gasteiger partial charge in [-0.25, -0.2) is 0 Å². The summed E-state index contributed by atoms with van der Waals surface area (Å²) in [7, 11) is 2.15. The second-order valence-corrected chi connectivity index (χ2v) is 4.42. The van der Waals surface area contributed by atoms with Gasteiger partial charge >= 0.3 is 0 Å². The normalized spacial score (nSPS) is 17.6. The highest BCUT2D eigenvalue weighted by Crippen LogP contribution is 2.22. The SMILES string of the molecule is CN1CCN(c2nncc3cnccc23)CC1. The van der Waals surface area contributed by atoms with Crippen LogP contribution in [0.15, 0.2) is 24.7 Å². The van der Waals surface area contributed by atoms with Crippen molar-refractivity contribution in [3.63, 3.8) is 0 Å². The van der Waals surface area contributed by atoms with Gasteiger partial charge in [-0.3, -0.25) is 4.98 Å². The molecule has 88 valence electrons. The zero-order chi connectivity index (χ0) is 11.7. The van der Waals surface area contributed by atoms with E-state index in [0.29, 0.717) is 0 Å². The van der Waals surface area contributed by atoms with Gasteiger partial charge in [0, 0.05) is 49.3 Å². The predicted octanol–water partition coefficient (Wildman–Crippen LogP) is 0.777. The molecule has 1 aliphatic rings. The van der Waals surface area contributed by atoms with Crippen molar-refractivity contribution in [3.8, 4) is 0 Å². The Morgan fingerprint density at radius 3 is 2.76 bits per heavy atom. The number of fused-ring (bicyclic) bond motifs is 1. The van der Waals surface area contributed by atoms with E-state index in [1.165, 1.54) is 0 Å². The minimum absolute atomic E-state index is 0.984. The summed E-state index contributed by atoms with van der Waals surface area (Å²) in [6.07, 6.45) is 5.41. The predicted molar refractivity (Wildman–Crippen MR) is 67.0 cm³/mol. The highest BCUT2D eigenvalue weighted by atomic mass is 15.3. The Hall–Kier alpha value is -1.75. The molecule has 0 aliphatic carbocycles. The molecule has 0 aromatic carbocycles. The van der Waals surface area contributed by atoms with Gasteiger partial charge in [-0.15, -0.1) is 5.10 Å². The van der Waals surface area contributed by atoms with E-state index in [4.69, 9.17) is 0 Å². The number of piperazine rings is 1. The van der Waals surface area contributed by atoms with Crippen LogP contribution in [0.4, 0.5) is 5.82 Å². The first-order valence-corrected chi connectivity index (χ1v) is 5.83. The first-order chi connectivity index (χ1) is 8.34. The minimum atomic E-state index is 0.984. The van der Waals surface area contributed by atoms with Crippen molar-refractivity contribution < 1.29 is 0 Å². The average Bonchev–Trinajstić information content (AvgIpc) is 2.39. The molecule has 1 aliphatic heterocycles. The van der Waals surface area contributed by atoms with Crippen LogP contribution >= 0.6 is 0 Å². The summed E-state index contributed by atoms with van der Waals surface area (Å²) in [5, 5.41) is 10.5. The van der Waals surface area contributed by atoms with Crippen molar-refractivity contribution in [1.82, 2.24) is 20.1 Å². The fraction of sp³-hybridized carbons (Fsp3) is 0.417. The minimum Gasteiger partial charge on any atom is -0.352 e. The number of hydrogen-bond donors (Lipinski definition) is 0. The summed E-state index contributed by atoms with van der Waals surface area (Å²) >= 11 is 0. The Morgan fingerprint density at radius 1 is 1.12 bits per heavy atom. The summed E-state index contributed by atoms with van der Waals surface area (Å²) < 4.78 is 0. The van der Waals surface area contributed by atoms with Crippen LogP contribution in [0.5, 0.6) is 0 Å². The van der Waals surface area contributed by atoms with Crippen LogP contribution in [-0.4, -0.2) is 53.3 Å². The van der Waals surface area contributed by atoms with Crippen molar-refractivity contribution in [2.45, 2.75) is 0 Å². The van der Waals surface area contributed by atoms with E-state index in [0.717, 1.165) is 42.8 Å². The van der Waals surface area contributed by atoms with Gasteiger partial charge in [0.25, 0.3) is 0 Å². The molecule has 2 aromatic heterocycles. The smallest absolute Gasteiger partial charge is 0.159 e. The average molecular weight is 229 g/mol. The van der Waals surface area contributed by atoms with Crippen LogP contribution in [0.1, 0.15) is 0 Å². The molecule has 0 atom stereocenters. The molecule has 0 unspecified atom stereocenters. The van der Waals surface area contributed by atoms with E-state index in [1.807, 2.05) is 18.5 Å². The monoisotopic (exact) mass is 229 g/mol. The van der Waals surface area contributed by atoms with Crippen LogP contribution in [0.3, 0.4) is 0 Å². The van der Waals surface area contributed by atoms with Gasteiger partial charge in [0.05, 0.1) is 6.20 Å². The van der Waals surface area contributed by atoms with Gasteiger partial charge in [-0.1, -0.05) is 0 Å². The van der Waals surface area contributed by atoms with E-state index in [2.05, 4.69) is 32.0 Å². The Kier molecular flexibility index (Phi) is 2.60. The lowest BCUT2D eigenvalue weighted by molar-refractivity contribution is 0.312. The third-order valence-electron chi connectivity index (χ3n) is 3.24. The number of nitrogens with zero attached hydrogens (tertiary/aromatic N) is 5. The third kappa shape index (κ3) is 1.93. The number of likely N-dealkylation sites (N-methyl/N-ethyl adjacent to an activating group) is 1. The highest BCUT2D eigenvalue weighted by molar-refractivity contribution is 5.90. The van der Waals surface area contributed by atoms with Crippen LogP contribution in [0.2, 0.25) is 0 Å². The van der Waals surface area contributed by atoms with E-state index in [9.17, 15) is 0 Å². The Labute approximate surface area is 100 Å². The fourth-order valence-electron chi connectivity index (χ4n) is 2.16. The zero-order valence-corrected chi connectivity index (χ0v) is 9.87. The van der Waals surface area contributed by atoms with Gasteiger partial charge in [0.15, 0.2) is 5.82 Å². The topological polar surface area (TPSA) is 45.2 Å². The van der Waals surface area contributed by atoms with E-state index >= 15 is 0 Å². The standard InChI is InChI=1S/C12H15N5/c1-16-4-6-17(7-5-16)12-11-2-3-13-8-10(11)9-14-15-12/h2-3,8-9H,4-7H2,1H3.